The molecular weight excluding hydrogens is 372 g/mol. The van der Waals surface area contributed by atoms with Crippen molar-refractivity contribution in [2.45, 2.75) is 25.9 Å². The fourth-order valence-electron chi connectivity index (χ4n) is 4.13. The lowest BCUT2D eigenvalue weighted by atomic mass is 10.0. The number of nitrogens with zero attached hydrogens (tertiary/aromatic N) is 2. The average Bonchev–Trinajstić information content (AvgIpc) is 2.79. The van der Waals surface area contributed by atoms with Gasteiger partial charge in [0.1, 0.15) is 5.75 Å². The number of para-hydroxylation sites is 2. The first-order valence-electron chi connectivity index (χ1n) is 10.4. The minimum absolute atomic E-state index is 0.00998. The first-order valence-corrected chi connectivity index (χ1v) is 10.4. The molecule has 3 aromatic rings. The molecule has 0 bridgehead atoms. The van der Waals surface area contributed by atoms with Crippen LogP contribution in [0.15, 0.2) is 72.8 Å². The summed E-state index contributed by atoms with van der Waals surface area (Å²) >= 11 is 0. The van der Waals surface area contributed by atoms with Crippen LogP contribution >= 0.6 is 0 Å². The second kappa shape index (κ2) is 9.04. The highest BCUT2D eigenvalue weighted by molar-refractivity contribution is 5.94. The van der Waals surface area contributed by atoms with Crippen LogP contribution in [0.4, 0.5) is 5.69 Å². The molecule has 1 heterocycles. The topological polar surface area (TPSA) is 32.8 Å². The van der Waals surface area contributed by atoms with Crippen LogP contribution in [-0.4, -0.2) is 31.5 Å². The van der Waals surface area contributed by atoms with E-state index in [2.05, 4.69) is 41.3 Å². The highest BCUT2D eigenvalue weighted by atomic mass is 16.5. The van der Waals surface area contributed by atoms with E-state index in [0.29, 0.717) is 12.1 Å². The van der Waals surface area contributed by atoms with Gasteiger partial charge < -0.3 is 14.5 Å². The standard InChI is InChI=1S/C26H28N2O2/c1-27(19-23-9-4-6-12-25(23)30-2)26(29)22-15-13-20(14-16-22)18-28-17-7-10-21-8-3-5-11-24(21)28/h3-6,8-9,11-16H,7,10,17-19H2,1-2H3. The quantitative estimate of drug-likeness (QED) is 0.589. The molecule has 1 aliphatic heterocycles. The molecule has 0 aromatic heterocycles. The van der Waals surface area contributed by atoms with Crippen molar-refractivity contribution in [2.75, 3.05) is 25.6 Å². The summed E-state index contributed by atoms with van der Waals surface area (Å²) in [5.41, 5.74) is 5.68. The van der Waals surface area contributed by atoms with Gasteiger partial charge in [-0.2, -0.15) is 0 Å². The molecule has 0 fully saturated rings. The number of anilines is 1. The zero-order valence-electron chi connectivity index (χ0n) is 17.7. The number of aryl methyl sites for hydroxylation is 1. The lowest BCUT2D eigenvalue weighted by Crippen LogP contribution is -2.29. The zero-order valence-corrected chi connectivity index (χ0v) is 17.7. The Kier molecular flexibility index (Phi) is 6.03. The summed E-state index contributed by atoms with van der Waals surface area (Å²) in [6, 6.07) is 24.5. The molecule has 1 aliphatic rings. The Labute approximate surface area is 178 Å². The number of ether oxygens (including phenoxy) is 1. The molecule has 0 saturated carbocycles. The van der Waals surface area contributed by atoms with Gasteiger partial charge in [0, 0.05) is 43.5 Å². The highest BCUT2D eigenvalue weighted by Crippen LogP contribution is 2.28. The van der Waals surface area contributed by atoms with Gasteiger partial charge in [-0.05, 0) is 48.2 Å². The molecule has 3 aromatic carbocycles. The van der Waals surface area contributed by atoms with Crippen LogP contribution in [0, 0.1) is 0 Å². The predicted molar refractivity (Wildman–Crippen MR) is 121 cm³/mol. The molecule has 0 radical (unpaired) electrons. The summed E-state index contributed by atoms with van der Waals surface area (Å²) in [6.07, 6.45) is 2.33. The summed E-state index contributed by atoms with van der Waals surface area (Å²) < 4.78 is 5.40. The number of fused-ring (bicyclic) bond motifs is 1. The molecule has 154 valence electrons. The largest absolute Gasteiger partial charge is 0.496 e. The van der Waals surface area contributed by atoms with Gasteiger partial charge in [-0.15, -0.1) is 0 Å². The van der Waals surface area contributed by atoms with Gasteiger partial charge in [-0.1, -0.05) is 48.5 Å². The van der Waals surface area contributed by atoms with Crippen molar-refractivity contribution < 1.29 is 9.53 Å². The predicted octanol–water partition coefficient (Wildman–Crippen LogP) is 4.92. The van der Waals surface area contributed by atoms with E-state index in [9.17, 15) is 4.79 Å². The van der Waals surface area contributed by atoms with E-state index in [1.54, 1.807) is 12.0 Å². The third-order valence-corrected chi connectivity index (χ3v) is 5.73. The van der Waals surface area contributed by atoms with Crippen LogP contribution in [0.5, 0.6) is 5.75 Å². The first kappa shape index (κ1) is 20.0. The maximum absolute atomic E-state index is 12.9. The third-order valence-electron chi connectivity index (χ3n) is 5.73. The number of methoxy groups -OCH3 is 1. The van der Waals surface area contributed by atoms with Crippen molar-refractivity contribution in [1.29, 1.82) is 0 Å². The maximum atomic E-state index is 12.9. The average molecular weight is 401 g/mol. The Morgan fingerprint density at radius 1 is 1.00 bits per heavy atom. The first-order chi connectivity index (χ1) is 14.7. The number of carbonyl (C=O) groups excluding carboxylic acids is 1. The normalized spacial score (nSPS) is 12.9. The van der Waals surface area contributed by atoms with Crippen LogP contribution in [0.3, 0.4) is 0 Å². The van der Waals surface area contributed by atoms with Crippen LogP contribution < -0.4 is 9.64 Å². The van der Waals surface area contributed by atoms with Crippen molar-refractivity contribution in [2.24, 2.45) is 0 Å². The van der Waals surface area contributed by atoms with Gasteiger partial charge in [-0.25, -0.2) is 0 Å². The lowest BCUT2D eigenvalue weighted by Gasteiger charge is -2.31. The van der Waals surface area contributed by atoms with Crippen molar-refractivity contribution >= 4 is 11.6 Å². The summed E-state index contributed by atoms with van der Waals surface area (Å²) in [7, 11) is 3.48. The van der Waals surface area contributed by atoms with Crippen molar-refractivity contribution in [3.05, 3.63) is 95.1 Å². The zero-order chi connectivity index (χ0) is 20.9. The molecule has 0 atom stereocenters. The fourth-order valence-corrected chi connectivity index (χ4v) is 4.13. The highest BCUT2D eigenvalue weighted by Gasteiger charge is 2.17. The van der Waals surface area contributed by atoms with Crippen LogP contribution in [0.25, 0.3) is 0 Å². The SMILES string of the molecule is COc1ccccc1CN(C)C(=O)c1ccc(CN2CCCc3ccccc32)cc1. The molecule has 4 nitrogen and oxygen atoms in total. The number of hydrogen-bond donors (Lipinski definition) is 0. The third kappa shape index (κ3) is 4.33. The Bertz CT molecular complexity index is 1010. The molecule has 0 unspecified atom stereocenters. The van der Waals surface area contributed by atoms with Gasteiger partial charge in [0.25, 0.3) is 5.91 Å². The monoisotopic (exact) mass is 400 g/mol. The van der Waals surface area contributed by atoms with E-state index in [0.717, 1.165) is 30.8 Å². The number of amides is 1. The number of rotatable bonds is 6. The van der Waals surface area contributed by atoms with E-state index >= 15 is 0 Å². The Balaban J connectivity index is 1.43. The van der Waals surface area contributed by atoms with Crippen molar-refractivity contribution in [3.63, 3.8) is 0 Å². The second-order valence-corrected chi connectivity index (χ2v) is 7.82. The molecule has 0 aliphatic carbocycles. The number of hydrogen-bond acceptors (Lipinski definition) is 3. The smallest absolute Gasteiger partial charge is 0.253 e. The molecule has 30 heavy (non-hydrogen) atoms. The number of carbonyl (C=O) groups is 1. The minimum atomic E-state index is 0.00998. The van der Waals surface area contributed by atoms with Gasteiger partial charge >= 0.3 is 0 Å². The Morgan fingerprint density at radius 3 is 2.53 bits per heavy atom. The summed E-state index contributed by atoms with van der Waals surface area (Å²) in [4.78, 5) is 17.1. The van der Waals surface area contributed by atoms with Crippen LogP contribution in [0.1, 0.15) is 33.5 Å². The molecule has 0 saturated heterocycles. The van der Waals surface area contributed by atoms with Gasteiger partial charge in [0.2, 0.25) is 0 Å². The summed E-state index contributed by atoms with van der Waals surface area (Å²) in [5.74, 6) is 0.810. The molecule has 0 N–H and O–H groups in total. The molecule has 0 spiro atoms. The van der Waals surface area contributed by atoms with Crippen LogP contribution in [0.2, 0.25) is 0 Å². The number of benzene rings is 3. The minimum Gasteiger partial charge on any atom is -0.496 e. The van der Waals surface area contributed by atoms with E-state index < -0.39 is 0 Å². The van der Waals surface area contributed by atoms with Gasteiger partial charge in [0.15, 0.2) is 0 Å². The molecule has 4 rings (SSSR count). The van der Waals surface area contributed by atoms with Gasteiger partial charge in [0.05, 0.1) is 7.11 Å². The molecule has 1 amide bonds. The van der Waals surface area contributed by atoms with Gasteiger partial charge in [-0.3, -0.25) is 4.79 Å². The second-order valence-electron chi connectivity index (χ2n) is 7.82. The van der Waals surface area contributed by atoms with Crippen molar-refractivity contribution in [1.82, 2.24) is 4.90 Å². The fraction of sp³-hybridized carbons (Fsp3) is 0.269. The molecule has 4 heteroatoms. The van der Waals surface area contributed by atoms with Crippen molar-refractivity contribution in [3.8, 4) is 5.75 Å². The Hall–Kier alpha value is -3.27. The van der Waals surface area contributed by atoms with E-state index in [4.69, 9.17) is 4.74 Å². The lowest BCUT2D eigenvalue weighted by molar-refractivity contribution is 0.0784. The molecular formula is C26H28N2O2. The Morgan fingerprint density at radius 2 is 1.73 bits per heavy atom. The van der Waals surface area contributed by atoms with E-state index in [-0.39, 0.29) is 5.91 Å². The maximum Gasteiger partial charge on any atom is 0.253 e. The van der Waals surface area contributed by atoms with Crippen LogP contribution in [-0.2, 0) is 19.5 Å². The van der Waals surface area contributed by atoms with E-state index in [1.807, 2.05) is 43.4 Å². The summed E-state index contributed by atoms with van der Waals surface area (Å²) in [5, 5.41) is 0. The van der Waals surface area contributed by atoms with E-state index in [1.165, 1.54) is 23.2 Å². The summed E-state index contributed by atoms with van der Waals surface area (Å²) in [6.45, 7) is 2.44.